The number of rotatable bonds is 4. The van der Waals surface area contributed by atoms with E-state index in [1.54, 1.807) is 18.2 Å². The molecule has 0 amide bonds. The molecule has 0 saturated heterocycles. The molecule has 0 radical (unpaired) electrons. The second-order valence-electron chi connectivity index (χ2n) is 6.26. The van der Waals surface area contributed by atoms with E-state index in [1.165, 1.54) is 24.3 Å². The summed E-state index contributed by atoms with van der Waals surface area (Å²) in [6.07, 6.45) is 2.81. The molecule has 0 unspecified atom stereocenters. The summed E-state index contributed by atoms with van der Waals surface area (Å²) >= 11 is 0. The quantitative estimate of drug-likeness (QED) is 0.879. The average molecular weight is 372 g/mol. The third-order valence-electron chi connectivity index (χ3n) is 4.40. The van der Waals surface area contributed by atoms with Gasteiger partial charge in [0.2, 0.25) is 0 Å². The van der Waals surface area contributed by atoms with Gasteiger partial charge >= 0.3 is 5.97 Å². The molecule has 0 aliphatic heterocycles. The Morgan fingerprint density at radius 2 is 1.77 bits per heavy atom. The van der Waals surface area contributed by atoms with Crippen LogP contribution in [0.25, 0.3) is 17.2 Å². The molecule has 0 saturated carbocycles. The highest BCUT2D eigenvalue weighted by Gasteiger charge is 2.25. The molecule has 3 rings (SSSR count). The lowest BCUT2D eigenvalue weighted by molar-refractivity contribution is -0.135. The zero-order valence-electron chi connectivity index (χ0n) is 14.3. The highest BCUT2D eigenvalue weighted by Crippen LogP contribution is 2.43. The van der Waals surface area contributed by atoms with E-state index in [1.807, 2.05) is 13.0 Å². The average Bonchev–Trinajstić information content (AvgIpc) is 2.79. The number of carbonyl (C=O) groups is 1. The summed E-state index contributed by atoms with van der Waals surface area (Å²) in [4.78, 5) is 11.4. The van der Waals surface area contributed by atoms with Crippen LogP contribution < -0.4 is 0 Å². The number of allylic oxidation sites excluding steroid dienone is 2. The molecule has 1 N–H and O–H groups in total. The van der Waals surface area contributed by atoms with Gasteiger partial charge in [-0.3, -0.25) is 4.79 Å². The zero-order chi connectivity index (χ0) is 19.1. The van der Waals surface area contributed by atoms with E-state index < -0.39 is 21.6 Å². The van der Waals surface area contributed by atoms with E-state index in [9.17, 15) is 17.6 Å². The van der Waals surface area contributed by atoms with Crippen LogP contribution in [0.4, 0.5) is 4.39 Å². The standard InChI is InChI=1S/C20H17FO4S/c1-12-17(9-13-3-6-15(7-4-13)26(2,24)25)16-8-5-14(21)10-19(16)18(12)11-20(22)23/h3-10H,11H2,1-2H3,(H,22,23). The molecule has 0 aromatic heterocycles. The summed E-state index contributed by atoms with van der Waals surface area (Å²) in [5, 5.41) is 9.17. The van der Waals surface area contributed by atoms with Gasteiger partial charge < -0.3 is 5.11 Å². The number of benzene rings is 2. The maximum Gasteiger partial charge on any atom is 0.307 e. The first kappa shape index (κ1) is 18.1. The van der Waals surface area contributed by atoms with Crippen LogP contribution in [-0.4, -0.2) is 25.7 Å². The van der Waals surface area contributed by atoms with Crippen molar-refractivity contribution in [3.8, 4) is 0 Å². The van der Waals surface area contributed by atoms with Crippen molar-refractivity contribution in [3.63, 3.8) is 0 Å². The van der Waals surface area contributed by atoms with E-state index in [-0.39, 0.29) is 11.3 Å². The molecule has 2 aromatic carbocycles. The first-order chi connectivity index (χ1) is 12.2. The van der Waals surface area contributed by atoms with Crippen LogP contribution in [0.2, 0.25) is 0 Å². The summed E-state index contributed by atoms with van der Waals surface area (Å²) < 4.78 is 36.8. The molecule has 6 heteroatoms. The monoisotopic (exact) mass is 372 g/mol. The number of sulfone groups is 1. The van der Waals surface area contributed by atoms with Gasteiger partial charge in [-0.1, -0.05) is 18.2 Å². The van der Waals surface area contributed by atoms with Gasteiger partial charge in [-0.2, -0.15) is 0 Å². The van der Waals surface area contributed by atoms with Crippen molar-refractivity contribution in [1.29, 1.82) is 0 Å². The van der Waals surface area contributed by atoms with E-state index >= 15 is 0 Å². The van der Waals surface area contributed by atoms with Gasteiger partial charge in [-0.05, 0) is 70.7 Å². The predicted molar refractivity (Wildman–Crippen MR) is 98.7 cm³/mol. The Hall–Kier alpha value is -2.73. The van der Waals surface area contributed by atoms with Crippen LogP contribution >= 0.6 is 0 Å². The molecule has 2 aromatic rings. The van der Waals surface area contributed by atoms with Crippen molar-refractivity contribution < 1.29 is 22.7 Å². The summed E-state index contributed by atoms with van der Waals surface area (Å²) in [5.41, 5.74) is 4.31. The third-order valence-corrected chi connectivity index (χ3v) is 5.53. The van der Waals surface area contributed by atoms with Crippen molar-refractivity contribution in [2.24, 2.45) is 0 Å². The fraction of sp³-hybridized carbons (Fsp3) is 0.150. The van der Waals surface area contributed by atoms with E-state index in [2.05, 4.69) is 0 Å². The minimum atomic E-state index is -3.27. The Morgan fingerprint density at radius 1 is 1.12 bits per heavy atom. The number of halogens is 1. The van der Waals surface area contributed by atoms with Gasteiger partial charge in [-0.25, -0.2) is 12.8 Å². The smallest absolute Gasteiger partial charge is 0.307 e. The summed E-state index contributed by atoms with van der Waals surface area (Å²) in [5.74, 6) is -1.40. The van der Waals surface area contributed by atoms with E-state index in [0.29, 0.717) is 11.1 Å². The number of aliphatic carboxylic acids is 1. The third kappa shape index (κ3) is 3.46. The highest BCUT2D eigenvalue weighted by molar-refractivity contribution is 7.90. The molecule has 0 heterocycles. The normalized spacial score (nSPS) is 15.4. The Labute approximate surface area is 151 Å². The molecular formula is C20H17FO4S. The molecule has 1 aliphatic rings. The second-order valence-corrected chi connectivity index (χ2v) is 8.28. The number of carboxylic acid groups (broad SMARTS) is 1. The highest BCUT2D eigenvalue weighted by atomic mass is 32.2. The van der Waals surface area contributed by atoms with Crippen molar-refractivity contribution in [2.45, 2.75) is 18.2 Å². The molecule has 0 atom stereocenters. The lowest BCUT2D eigenvalue weighted by Gasteiger charge is -2.05. The predicted octanol–water partition coefficient (Wildman–Crippen LogP) is 4.03. The Morgan fingerprint density at radius 3 is 2.35 bits per heavy atom. The van der Waals surface area contributed by atoms with Crippen LogP contribution in [0, 0.1) is 5.82 Å². The Bertz CT molecular complexity index is 1060. The SMILES string of the molecule is CC1=C(CC(=O)O)c2cc(F)ccc2C1=Cc1ccc(S(C)(=O)=O)cc1. The first-order valence-electron chi connectivity index (χ1n) is 7.91. The second kappa shape index (κ2) is 6.53. The number of hydrogen-bond acceptors (Lipinski definition) is 3. The maximum atomic E-state index is 13.7. The number of carboxylic acids is 1. The minimum absolute atomic E-state index is 0.188. The fourth-order valence-electron chi connectivity index (χ4n) is 3.11. The number of hydrogen-bond donors (Lipinski definition) is 1. The molecule has 0 bridgehead atoms. The van der Waals surface area contributed by atoms with Crippen molar-refractivity contribution in [1.82, 2.24) is 0 Å². The Balaban J connectivity index is 2.11. The summed E-state index contributed by atoms with van der Waals surface area (Å²) in [6.45, 7) is 1.81. The lowest BCUT2D eigenvalue weighted by Crippen LogP contribution is -1.97. The molecule has 0 fully saturated rings. The molecule has 4 nitrogen and oxygen atoms in total. The number of fused-ring (bicyclic) bond motifs is 1. The van der Waals surface area contributed by atoms with Crippen LogP contribution in [0.1, 0.15) is 30.0 Å². The molecule has 1 aliphatic carbocycles. The molecular weight excluding hydrogens is 355 g/mol. The van der Waals surface area contributed by atoms with Crippen LogP contribution in [-0.2, 0) is 14.6 Å². The zero-order valence-corrected chi connectivity index (χ0v) is 15.1. The van der Waals surface area contributed by atoms with Gasteiger partial charge in [-0.15, -0.1) is 0 Å². The van der Waals surface area contributed by atoms with Crippen LogP contribution in [0.3, 0.4) is 0 Å². The van der Waals surface area contributed by atoms with E-state index in [4.69, 9.17) is 5.11 Å². The summed E-state index contributed by atoms with van der Waals surface area (Å²) in [6, 6.07) is 10.8. The van der Waals surface area contributed by atoms with Gasteiger partial charge in [0.15, 0.2) is 9.84 Å². The maximum absolute atomic E-state index is 13.7. The van der Waals surface area contributed by atoms with E-state index in [0.717, 1.165) is 28.5 Å². The molecule has 26 heavy (non-hydrogen) atoms. The first-order valence-corrected chi connectivity index (χ1v) is 9.80. The topological polar surface area (TPSA) is 71.4 Å². The fourth-order valence-corrected chi connectivity index (χ4v) is 3.74. The lowest BCUT2D eigenvalue weighted by atomic mass is 10.0. The molecule has 0 spiro atoms. The van der Waals surface area contributed by atoms with Crippen LogP contribution in [0.15, 0.2) is 52.9 Å². The largest absolute Gasteiger partial charge is 0.481 e. The van der Waals surface area contributed by atoms with Gasteiger partial charge in [0.05, 0.1) is 11.3 Å². The van der Waals surface area contributed by atoms with Crippen molar-refractivity contribution in [3.05, 3.63) is 70.5 Å². The minimum Gasteiger partial charge on any atom is -0.481 e. The van der Waals surface area contributed by atoms with Gasteiger partial charge in [0.1, 0.15) is 5.82 Å². The molecule has 134 valence electrons. The van der Waals surface area contributed by atoms with Crippen LogP contribution in [0.5, 0.6) is 0 Å². The van der Waals surface area contributed by atoms with Gasteiger partial charge in [0, 0.05) is 6.26 Å². The van der Waals surface area contributed by atoms with Gasteiger partial charge in [0.25, 0.3) is 0 Å². The Kier molecular flexibility index (Phi) is 4.54. The van der Waals surface area contributed by atoms with Crippen molar-refractivity contribution in [2.75, 3.05) is 6.26 Å². The summed E-state index contributed by atoms with van der Waals surface area (Å²) in [7, 11) is -3.27. The van der Waals surface area contributed by atoms with Crippen molar-refractivity contribution >= 4 is 33.0 Å².